The molecule has 1 atom stereocenters. The van der Waals surface area contributed by atoms with Crippen molar-refractivity contribution in [2.75, 3.05) is 25.2 Å². The summed E-state index contributed by atoms with van der Waals surface area (Å²) in [7, 11) is 1.58. The Labute approximate surface area is 148 Å². The van der Waals surface area contributed by atoms with E-state index in [0.29, 0.717) is 18.4 Å². The minimum absolute atomic E-state index is 0.00280. The summed E-state index contributed by atoms with van der Waals surface area (Å²) in [6.07, 6.45) is 3.80. The van der Waals surface area contributed by atoms with Gasteiger partial charge in [-0.15, -0.1) is 0 Å². The lowest BCUT2D eigenvalue weighted by Crippen LogP contribution is -2.34. The molecule has 132 valence electrons. The predicted molar refractivity (Wildman–Crippen MR) is 96.9 cm³/mol. The highest BCUT2D eigenvalue weighted by molar-refractivity contribution is 5.95. The summed E-state index contributed by atoms with van der Waals surface area (Å²) in [4.78, 5) is 18.7. The molecule has 1 aromatic heterocycles. The first-order valence-corrected chi connectivity index (χ1v) is 8.65. The van der Waals surface area contributed by atoms with Crippen LogP contribution >= 0.6 is 0 Å². The fraction of sp³-hybridized carbons (Fsp3) is 0.400. The number of rotatable bonds is 5. The van der Waals surface area contributed by atoms with Crippen LogP contribution in [0.4, 0.5) is 5.69 Å². The second-order valence-electron chi connectivity index (χ2n) is 6.35. The molecule has 1 aromatic carbocycles. The van der Waals surface area contributed by atoms with Gasteiger partial charge in [-0.3, -0.25) is 4.79 Å². The fourth-order valence-corrected chi connectivity index (χ4v) is 3.19. The van der Waals surface area contributed by atoms with Crippen LogP contribution in [0.25, 0.3) is 0 Å². The van der Waals surface area contributed by atoms with E-state index in [1.807, 2.05) is 29.2 Å². The van der Waals surface area contributed by atoms with Gasteiger partial charge in [0.2, 0.25) is 5.88 Å². The van der Waals surface area contributed by atoms with Gasteiger partial charge in [-0.05, 0) is 42.0 Å². The number of para-hydroxylation sites is 1. The molecule has 0 aliphatic carbocycles. The molecule has 5 nitrogen and oxygen atoms in total. The molecule has 5 heteroatoms. The molecule has 1 aliphatic heterocycles. The highest BCUT2D eigenvalue weighted by atomic mass is 16.5. The highest BCUT2D eigenvalue weighted by Gasteiger charge is 2.24. The summed E-state index contributed by atoms with van der Waals surface area (Å²) in [5.74, 6) is 1.04. The van der Waals surface area contributed by atoms with Crippen molar-refractivity contribution in [3.05, 3.63) is 53.7 Å². The molecule has 0 fully saturated rings. The molecule has 0 saturated heterocycles. The third-order valence-electron chi connectivity index (χ3n) is 4.58. The Morgan fingerprint density at radius 1 is 1.28 bits per heavy atom. The van der Waals surface area contributed by atoms with Crippen molar-refractivity contribution in [2.45, 2.75) is 32.3 Å². The van der Waals surface area contributed by atoms with Gasteiger partial charge in [-0.25, -0.2) is 4.98 Å². The van der Waals surface area contributed by atoms with Crippen LogP contribution in [0.2, 0.25) is 0 Å². The quantitative estimate of drug-likeness (QED) is 0.835. The van der Waals surface area contributed by atoms with Crippen LogP contribution < -0.4 is 9.64 Å². The van der Waals surface area contributed by atoms with Gasteiger partial charge in [0.25, 0.3) is 5.91 Å². The number of anilines is 1. The van der Waals surface area contributed by atoms with E-state index in [4.69, 9.17) is 9.47 Å². The van der Waals surface area contributed by atoms with E-state index in [9.17, 15) is 4.79 Å². The molecule has 1 unspecified atom stereocenters. The van der Waals surface area contributed by atoms with Crippen molar-refractivity contribution in [1.29, 1.82) is 0 Å². The van der Waals surface area contributed by atoms with Gasteiger partial charge in [-0.2, -0.15) is 0 Å². The molecular weight excluding hydrogens is 316 g/mol. The first-order valence-electron chi connectivity index (χ1n) is 8.65. The van der Waals surface area contributed by atoms with Gasteiger partial charge in [0.05, 0.1) is 13.7 Å². The number of nitrogens with zero attached hydrogens (tertiary/aromatic N) is 2. The van der Waals surface area contributed by atoms with Crippen molar-refractivity contribution in [3.8, 4) is 5.88 Å². The van der Waals surface area contributed by atoms with Crippen molar-refractivity contribution >= 4 is 11.6 Å². The van der Waals surface area contributed by atoms with Crippen molar-refractivity contribution in [3.63, 3.8) is 0 Å². The number of amides is 1. The molecular formula is C20H24N2O3. The third kappa shape index (κ3) is 4.17. The molecule has 2 heterocycles. The van der Waals surface area contributed by atoms with Crippen LogP contribution in [-0.2, 0) is 16.1 Å². The van der Waals surface area contributed by atoms with Crippen LogP contribution in [0.15, 0.2) is 42.6 Å². The summed E-state index contributed by atoms with van der Waals surface area (Å²) >= 11 is 0. The Kier molecular flexibility index (Phi) is 5.66. The van der Waals surface area contributed by atoms with E-state index in [1.54, 1.807) is 19.4 Å². The van der Waals surface area contributed by atoms with Crippen LogP contribution in [0, 0.1) is 0 Å². The van der Waals surface area contributed by atoms with Gasteiger partial charge >= 0.3 is 0 Å². The van der Waals surface area contributed by atoms with Crippen LogP contribution in [0.3, 0.4) is 0 Å². The highest BCUT2D eigenvalue weighted by Crippen LogP contribution is 2.33. The lowest BCUT2D eigenvalue weighted by molar-refractivity contribution is -0.123. The summed E-state index contributed by atoms with van der Waals surface area (Å²) in [5, 5.41) is 0. The molecule has 0 bridgehead atoms. The van der Waals surface area contributed by atoms with Crippen molar-refractivity contribution < 1.29 is 14.3 Å². The van der Waals surface area contributed by atoms with Crippen molar-refractivity contribution in [1.82, 2.24) is 4.98 Å². The number of aromatic nitrogens is 1. The molecule has 2 aromatic rings. The monoisotopic (exact) mass is 340 g/mol. The molecule has 0 spiro atoms. The summed E-state index contributed by atoms with van der Waals surface area (Å²) < 4.78 is 10.7. The van der Waals surface area contributed by atoms with Gasteiger partial charge < -0.3 is 14.4 Å². The summed E-state index contributed by atoms with van der Waals surface area (Å²) in [5.41, 5.74) is 3.18. The maximum Gasteiger partial charge on any atom is 0.252 e. The van der Waals surface area contributed by atoms with Gasteiger partial charge in [0.1, 0.15) is 6.61 Å². The summed E-state index contributed by atoms with van der Waals surface area (Å²) in [6.45, 7) is 3.39. The Morgan fingerprint density at radius 2 is 2.12 bits per heavy atom. The molecule has 25 heavy (non-hydrogen) atoms. The molecule has 1 aliphatic rings. The first-order chi connectivity index (χ1) is 12.2. The summed E-state index contributed by atoms with van der Waals surface area (Å²) in [6, 6.07) is 11.8. The van der Waals surface area contributed by atoms with E-state index in [1.165, 1.54) is 5.56 Å². The Bertz CT molecular complexity index is 715. The predicted octanol–water partition coefficient (Wildman–Crippen LogP) is 3.54. The number of hydrogen-bond acceptors (Lipinski definition) is 4. The number of hydrogen-bond donors (Lipinski definition) is 0. The number of ether oxygens (including phenoxy) is 2. The molecule has 1 amide bonds. The number of benzene rings is 1. The number of fused-ring (bicyclic) bond motifs is 1. The molecule has 3 rings (SSSR count). The normalized spacial score (nSPS) is 16.9. The van der Waals surface area contributed by atoms with Gasteiger partial charge in [-0.1, -0.05) is 25.1 Å². The number of carbonyl (C=O) groups is 1. The first kappa shape index (κ1) is 17.4. The number of methoxy groups -OCH3 is 1. The maximum atomic E-state index is 12.7. The SMILES string of the molecule is COc1ccc(COCC(=O)N2CCCC(C)c3ccccc32)cn1. The van der Waals surface area contributed by atoms with Crippen molar-refractivity contribution in [2.24, 2.45) is 0 Å². The van der Waals surface area contributed by atoms with Crippen LogP contribution in [-0.4, -0.2) is 31.2 Å². The average molecular weight is 340 g/mol. The Balaban J connectivity index is 1.61. The number of pyridine rings is 1. The maximum absolute atomic E-state index is 12.7. The standard InChI is InChI=1S/C20H24N2O3/c1-15-6-5-11-22(18-8-4-3-7-17(15)18)20(23)14-25-13-16-9-10-19(24-2)21-12-16/h3-4,7-10,12,15H,5-6,11,13-14H2,1-2H3. The van der Waals surface area contributed by atoms with E-state index < -0.39 is 0 Å². The van der Waals surface area contributed by atoms with Crippen LogP contribution in [0.1, 0.15) is 36.8 Å². The molecule has 0 radical (unpaired) electrons. The van der Waals surface area contributed by atoms with E-state index >= 15 is 0 Å². The topological polar surface area (TPSA) is 51.7 Å². The van der Waals surface area contributed by atoms with Gasteiger partial charge in [0, 0.05) is 24.5 Å². The average Bonchev–Trinajstić information content (AvgIpc) is 2.81. The smallest absolute Gasteiger partial charge is 0.252 e. The Hall–Kier alpha value is -2.40. The fourth-order valence-electron chi connectivity index (χ4n) is 3.19. The number of carbonyl (C=O) groups excluding carboxylic acids is 1. The zero-order valence-electron chi connectivity index (χ0n) is 14.8. The second-order valence-corrected chi connectivity index (χ2v) is 6.35. The zero-order chi connectivity index (χ0) is 17.6. The van der Waals surface area contributed by atoms with Gasteiger partial charge in [0.15, 0.2) is 0 Å². The molecule has 0 N–H and O–H groups in total. The largest absolute Gasteiger partial charge is 0.481 e. The molecule has 0 saturated carbocycles. The lowest BCUT2D eigenvalue weighted by Gasteiger charge is -2.23. The van der Waals surface area contributed by atoms with E-state index in [-0.39, 0.29) is 12.5 Å². The second kappa shape index (κ2) is 8.12. The zero-order valence-corrected chi connectivity index (χ0v) is 14.8. The Morgan fingerprint density at radius 3 is 2.88 bits per heavy atom. The van der Waals surface area contributed by atoms with E-state index in [0.717, 1.165) is 30.6 Å². The third-order valence-corrected chi connectivity index (χ3v) is 4.58. The minimum Gasteiger partial charge on any atom is -0.481 e. The van der Waals surface area contributed by atoms with Crippen LogP contribution in [0.5, 0.6) is 5.88 Å². The van der Waals surface area contributed by atoms with E-state index in [2.05, 4.69) is 18.0 Å². The lowest BCUT2D eigenvalue weighted by atomic mass is 9.96. The minimum atomic E-state index is 0.00280.